The normalized spacial score (nSPS) is 14.8. The van der Waals surface area contributed by atoms with Gasteiger partial charge in [-0.05, 0) is 59.8 Å². The van der Waals surface area contributed by atoms with E-state index in [9.17, 15) is 31.9 Å². The van der Waals surface area contributed by atoms with Gasteiger partial charge in [0.2, 0.25) is 5.91 Å². The van der Waals surface area contributed by atoms with Crippen LogP contribution in [0, 0.1) is 5.82 Å². The van der Waals surface area contributed by atoms with Crippen molar-refractivity contribution >= 4 is 52.2 Å². The Balaban J connectivity index is 1.40. The van der Waals surface area contributed by atoms with Crippen molar-refractivity contribution in [1.29, 1.82) is 0 Å². The van der Waals surface area contributed by atoms with Gasteiger partial charge in [0.25, 0.3) is 11.1 Å². The first kappa shape index (κ1) is 27.2. The number of amides is 3. The zero-order valence-corrected chi connectivity index (χ0v) is 20.8. The standard InChI is InChI=1S/C26H17ClF4N2O4S/c27-19-10-15(8-9-21(19)37-14-16-4-1-2-7-20(16)28)11-22-24(35)33(25(36)38-22)13-23(34)32-18-6-3-5-17(12-18)26(29,30)31/h1-12H,13-14H2,(H,32,34)/b22-11-. The van der Waals surface area contributed by atoms with Gasteiger partial charge in [0, 0.05) is 11.3 Å². The number of nitrogens with one attached hydrogen (secondary N) is 1. The fraction of sp³-hybridized carbons (Fsp3) is 0.115. The summed E-state index contributed by atoms with van der Waals surface area (Å²) in [4.78, 5) is 38.1. The molecule has 3 amide bonds. The SMILES string of the molecule is O=C(CN1C(=O)S/C(=C\c2ccc(OCc3ccccc3F)c(Cl)c2)C1=O)Nc1cccc(C(F)(F)F)c1. The molecule has 4 rings (SSSR count). The third-order valence-corrected chi connectivity index (χ3v) is 6.45. The molecule has 1 heterocycles. The average Bonchev–Trinajstić information content (AvgIpc) is 3.11. The lowest BCUT2D eigenvalue weighted by atomic mass is 10.2. The zero-order valence-electron chi connectivity index (χ0n) is 19.2. The Morgan fingerprint density at radius 1 is 1.05 bits per heavy atom. The largest absolute Gasteiger partial charge is 0.487 e. The van der Waals surface area contributed by atoms with Crippen LogP contribution in [0.15, 0.2) is 71.6 Å². The fourth-order valence-electron chi connectivity index (χ4n) is 3.40. The van der Waals surface area contributed by atoms with Crippen molar-refractivity contribution in [2.75, 3.05) is 11.9 Å². The summed E-state index contributed by atoms with van der Waals surface area (Å²) in [7, 11) is 0. The number of benzene rings is 3. The minimum atomic E-state index is -4.59. The number of imide groups is 1. The van der Waals surface area contributed by atoms with Crippen LogP contribution in [0.4, 0.5) is 28.0 Å². The van der Waals surface area contributed by atoms with Crippen molar-refractivity contribution in [3.05, 3.63) is 99.2 Å². The molecule has 3 aromatic rings. The van der Waals surface area contributed by atoms with E-state index in [0.717, 1.165) is 18.2 Å². The summed E-state index contributed by atoms with van der Waals surface area (Å²) in [5.41, 5.74) is -0.267. The summed E-state index contributed by atoms with van der Waals surface area (Å²) in [5.74, 6) is -1.71. The Labute approximate surface area is 223 Å². The van der Waals surface area contributed by atoms with Crippen molar-refractivity contribution in [3.8, 4) is 5.75 Å². The molecule has 1 saturated heterocycles. The predicted octanol–water partition coefficient (Wildman–Crippen LogP) is 6.75. The number of nitrogens with zero attached hydrogens (tertiary/aromatic N) is 1. The van der Waals surface area contributed by atoms with Crippen molar-refractivity contribution in [3.63, 3.8) is 0 Å². The average molecular weight is 565 g/mol. The Morgan fingerprint density at radius 2 is 1.82 bits per heavy atom. The second-order valence-electron chi connectivity index (χ2n) is 7.96. The molecule has 3 aromatic carbocycles. The van der Waals surface area contributed by atoms with Gasteiger partial charge in [0.05, 0.1) is 15.5 Å². The number of hydrogen-bond donors (Lipinski definition) is 1. The predicted molar refractivity (Wildman–Crippen MR) is 135 cm³/mol. The summed E-state index contributed by atoms with van der Waals surface area (Å²) in [5, 5.41) is 1.74. The molecule has 0 aliphatic carbocycles. The summed E-state index contributed by atoms with van der Waals surface area (Å²) in [6.07, 6.45) is -3.19. The molecule has 1 N–H and O–H groups in total. The van der Waals surface area contributed by atoms with E-state index >= 15 is 0 Å². The van der Waals surface area contributed by atoms with E-state index in [1.165, 1.54) is 30.3 Å². The van der Waals surface area contributed by atoms with Gasteiger partial charge >= 0.3 is 6.18 Å². The van der Waals surface area contributed by atoms with Crippen molar-refractivity contribution in [2.24, 2.45) is 0 Å². The van der Waals surface area contributed by atoms with E-state index in [4.69, 9.17) is 16.3 Å². The molecule has 0 saturated carbocycles. The minimum absolute atomic E-state index is 0.0259. The van der Waals surface area contributed by atoms with Gasteiger partial charge in [0.15, 0.2) is 0 Å². The smallest absolute Gasteiger partial charge is 0.416 e. The molecule has 38 heavy (non-hydrogen) atoms. The van der Waals surface area contributed by atoms with Crippen LogP contribution in [0.2, 0.25) is 5.02 Å². The molecule has 196 valence electrons. The van der Waals surface area contributed by atoms with Crippen LogP contribution in [0.1, 0.15) is 16.7 Å². The van der Waals surface area contributed by atoms with E-state index in [0.29, 0.717) is 27.8 Å². The zero-order chi connectivity index (χ0) is 27.4. The van der Waals surface area contributed by atoms with Crippen molar-refractivity contribution in [1.82, 2.24) is 4.90 Å². The maximum absolute atomic E-state index is 13.8. The number of ether oxygens (including phenoxy) is 1. The topological polar surface area (TPSA) is 75.7 Å². The number of carbonyl (C=O) groups excluding carboxylic acids is 3. The van der Waals surface area contributed by atoms with Crippen LogP contribution in [0.25, 0.3) is 6.08 Å². The highest BCUT2D eigenvalue weighted by Gasteiger charge is 2.36. The van der Waals surface area contributed by atoms with Gasteiger partial charge in [0.1, 0.15) is 24.7 Å². The third-order valence-electron chi connectivity index (χ3n) is 5.24. The number of anilines is 1. The number of alkyl halides is 3. The van der Waals surface area contributed by atoms with Crippen LogP contribution >= 0.6 is 23.4 Å². The van der Waals surface area contributed by atoms with Gasteiger partial charge in [-0.3, -0.25) is 19.3 Å². The number of rotatable bonds is 7. The lowest BCUT2D eigenvalue weighted by molar-refractivity contribution is -0.137. The molecular formula is C26H17ClF4N2O4S. The lowest BCUT2D eigenvalue weighted by Gasteiger charge is -2.13. The van der Waals surface area contributed by atoms with Crippen LogP contribution in [0.3, 0.4) is 0 Å². The quantitative estimate of drug-likeness (QED) is 0.254. The second kappa shape index (κ2) is 11.3. The van der Waals surface area contributed by atoms with E-state index < -0.39 is 41.2 Å². The number of halogens is 5. The summed E-state index contributed by atoms with van der Waals surface area (Å²) in [6, 6.07) is 14.7. The number of thioether (sulfide) groups is 1. The molecular weight excluding hydrogens is 548 g/mol. The molecule has 12 heteroatoms. The molecule has 0 spiro atoms. The molecule has 0 radical (unpaired) electrons. The molecule has 0 unspecified atom stereocenters. The Morgan fingerprint density at radius 3 is 2.53 bits per heavy atom. The lowest BCUT2D eigenvalue weighted by Crippen LogP contribution is -2.36. The summed E-state index contributed by atoms with van der Waals surface area (Å²) in [6.45, 7) is -0.727. The highest BCUT2D eigenvalue weighted by Crippen LogP contribution is 2.34. The maximum atomic E-state index is 13.8. The van der Waals surface area contributed by atoms with E-state index in [2.05, 4.69) is 5.32 Å². The molecule has 0 aromatic heterocycles. The monoisotopic (exact) mass is 564 g/mol. The van der Waals surface area contributed by atoms with Gasteiger partial charge in [-0.25, -0.2) is 4.39 Å². The summed E-state index contributed by atoms with van der Waals surface area (Å²) < 4.78 is 58.0. The Bertz CT molecular complexity index is 1440. The third kappa shape index (κ3) is 6.53. The molecule has 0 bridgehead atoms. The minimum Gasteiger partial charge on any atom is -0.487 e. The van der Waals surface area contributed by atoms with Gasteiger partial charge in [-0.2, -0.15) is 13.2 Å². The van der Waals surface area contributed by atoms with Crippen LogP contribution < -0.4 is 10.1 Å². The second-order valence-corrected chi connectivity index (χ2v) is 9.36. The molecule has 1 aliphatic rings. The summed E-state index contributed by atoms with van der Waals surface area (Å²) >= 11 is 6.86. The van der Waals surface area contributed by atoms with Gasteiger partial charge in [-0.15, -0.1) is 0 Å². The number of hydrogen-bond acceptors (Lipinski definition) is 5. The highest BCUT2D eigenvalue weighted by molar-refractivity contribution is 8.18. The first-order chi connectivity index (χ1) is 18.0. The molecule has 6 nitrogen and oxygen atoms in total. The van der Waals surface area contributed by atoms with E-state index in [-0.39, 0.29) is 28.0 Å². The van der Waals surface area contributed by atoms with E-state index in [1.807, 2.05) is 0 Å². The molecule has 1 aliphatic heterocycles. The Hall–Kier alpha value is -3.83. The number of carbonyl (C=O) groups is 3. The van der Waals surface area contributed by atoms with Crippen LogP contribution in [-0.4, -0.2) is 28.5 Å². The molecule has 0 atom stereocenters. The first-order valence-corrected chi connectivity index (χ1v) is 12.1. The maximum Gasteiger partial charge on any atom is 0.416 e. The Kier molecular flexibility index (Phi) is 8.08. The van der Waals surface area contributed by atoms with Crippen LogP contribution in [0.5, 0.6) is 5.75 Å². The molecule has 1 fully saturated rings. The highest BCUT2D eigenvalue weighted by atomic mass is 35.5. The van der Waals surface area contributed by atoms with Crippen molar-refractivity contribution < 1.29 is 36.7 Å². The van der Waals surface area contributed by atoms with Crippen LogP contribution in [-0.2, 0) is 22.4 Å². The van der Waals surface area contributed by atoms with Gasteiger partial charge < -0.3 is 10.1 Å². The fourth-order valence-corrected chi connectivity index (χ4v) is 4.48. The van der Waals surface area contributed by atoms with Crippen molar-refractivity contribution in [2.45, 2.75) is 12.8 Å². The first-order valence-electron chi connectivity index (χ1n) is 10.9. The van der Waals surface area contributed by atoms with E-state index in [1.54, 1.807) is 24.3 Å². The van der Waals surface area contributed by atoms with Gasteiger partial charge in [-0.1, -0.05) is 41.9 Å².